The normalized spacial score (nSPS) is 23.5. The number of nitrogens with zero attached hydrogens (tertiary/aromatic N) is 2. The number of hydrogen-bond acceptors (Lipinski definition) is 3. The Hall–Kier alpha value is -1.55. The molecule has 1 amide bonds. The lowest BCUT2D eigenvalue weighted by molar-refractivity contribution is -0.121. The van der Waals surface area contributed by atoms with E-state index < -0.39 is 0 Å². The van der Waals surface area contributed by atoms with Crippen LogP contribution in [0.25, 0.3) is 0 Å². The van der Waals surface area contributed by atoms with Gasteiger partial charge in [0.05, 0.1) is 0 Å². The first-order chi connectivity index (χ1) is 9.16. The van der Waals surface area contributed by atoms with Gasteiger partial charge in [-0.3, -0.25) is 4.79 Å². The maximum absolute atomic E-state index is 12.0. The van der Waals surface area contributed by atoms with Crippen molar-refractivity contribution in [3.05, 3.63) is 23.8 Å². The average molecular weight is 259 g/mol. The Kier molecular flexibility index (Phi) is 3.19. The number of nitrogens with one attached hydrogen (secondary N) is 1. The fourth-order valence-electron chi connectivity index (χ4n) is 3.05. The topological polar surface area (TPSA) is 35.6 Å². The van der Waals surface area contributed by atoms with Gasteiger partial charge in [0.25, 0.3) is 0 Å². The van der Waals surface area contributed by atoms with Crippen LogP contribution in [-0.2, 0) is 11.2 Å². The number of anilines is 2. The number of rotatable bonds is 1. The lowest BCUT2D eigenvalue weighted by Gasteiger charge is -2.33. The number of hydrogen-bond donors (Lipinski definition) is 1. The smallest absolute Gasteiger partial charge is 0.229 e. The predicted octanol–water partition coefficient (Wildman–Crippen LogP) is 1.25. The summed E-state index contributed by atoms with van der Waals surface area (Å²) in [7, 11) is 1.88. The molecule has 0 unspecified atom stereocenters. The lowest BCUT2D eigenvalue weighted by atomic mass is 9.93. The fraction of sp³-hybridized carbons (Fsp3) is 0.533. The van der Waals surface area contributed by atoms with E-state index in [0.717, 1.165) is 38.3 Å². The van der Waals surface area contributed by atoms with E-state index in [2.05, 4.69) is 28.4 Å². The minimum absolute atomic E-state index is 0.0933. The summed E-state index contributed by atoms with van der Waals surface area (Å²) in [6.07, 6.45) is 0.860. The third-order valence-corrected chi connectivity index (χ3v) is 4.18. The van der Waals surface area contributed by atoms with Gasteiger partial charge < -0.3 is 15.1 Å². The molecule has 2 aliphatic rings. The van der Waals surface area contributed by atoms with Crippen molar-refractivity contribution < 1.29 is 4.79 Å². The molecular weight excluding hydrogens is 238 g/mol. The van der Waals surface area contributed by atoms with E-state index in [4.69, 9.17) is 0 Å². The minimum atomic E-state index is 0.0933. The quantitative estimate of drug-likeness (QED) is 0.824. The molecule has 2 heterocycles. The molecule has 2 aliphatic heterocycles. The average Bonchev–Trinajstić information content (AvgIpc) is 2.45. The van der Waals surface area contributed by atoms with Gasteiger partial charge in [0.2, 0.25) is 5.91 Å². The first-order valence-corrected chi connectivity index (χ1v) is 7.03. The Morgan fingerprint density at radius 1 is 1.26 bits per heavy atom. The number of amides is 1. The Bertz CT molecular complexity index is 494. The zero-order chi connectivity index (χ0) is 13.4. The molecule has 3 rings (SSSR count). The number of fused-ring (bicyclic) bond motifs is 1. The van der Waals surface area contributed by atoms with Crippen molar-refractivity contribution >= 4 is 17.3 Å². The summed E-state index contributed by atoms with van der Waals surface area (Å²) in [5.74, 6) is 0.318. The largest absolute Gasteiger partial charge is 0.369 e. The summed E-state index contributed by atoms with van der Waals surface area (Å²) in [4.78, 5) is 16.2. The molecule has 0 aromatic heterocycles. The van der Waals surface area contributed by atoms with E-state index in [1.165, 1.54) is 11.3 Å². The third-order valence-electron chi connectivity index (χ3n) is 4.18. The van der Waals surface area contributed by atoms with Crippen molar-refractivity contribution in [3.8, 4) is 0 Å². The standard InChI is InChI=1S/C15H21N3O/c1-11-9-12-10-13(18-7-5-16-6-8-18)3-4-14(12)17(2)15(11)19/h3-4,10-11,16H,5-9H2,1-2H3/t11-/m1/s1. The number of carbonyl (C=O) groups is 1. The van der Waals surface area contributed by atoms with Crippen LogP contribution >= 0.6 is 0 Å². The maximum Gasteiger partial charge on any atom is 0.229 e. The molecule has 0 spiro atoms. The van der Waals surface area contributed by atoms with Crippen molar-refractivity contribution in [1.82, 2.24) is 5.32 Å². The van der Waals surface area contributed by atoms with Crippen LogP contribution in [0.1, 0.15) is 12.5 Å². The van der Waals surface area contributed by atoms with Gasteiger partial charge in [0, 0.05) is 50.5 Å². The maximum atomic E-state index is 12.0. The Balaban J connectivity index is 1.91. The molecule has 1 atom stereocenters. The molecule has 0 bridgehead atoms. The van der Waals surface area contributed by atoms with Gasteiger partial charge in [-0.15, -0.1) is 0 Å². The van der Waals surface area contributed by atoms with Gasteiger partial charge in [0.15, 0.2) is 0 Å². The second kappa shape index (κ2) is 4.85. The summed E-state index contributed by atoms with van der Waals surface area (Å²) < 4.78 is 0. The van der Waals surface area contributed by atoms with Gasteiger partial charge in [-0.1, -0.05) is 6.92 Å². The summed E-state index contributed by atoms with van der Waals surface area (Å²) in [5, 5.41) is 3.37. The summed E-state index contributed by atoms with van der Waals surface area (Å²) in [5.41, 5.74) is 3.66. The second-order valence-corrected chi connectivity index (χ2v) is 5.55. The summed E-state index contributed by atoms with van der Waals surface area (Å²) >= 11 is 0. The SMILES string of the molecule is C[C@@H]1Cc2cc(N3CCNCC3)ccc2N(C)C1=O. The molecule has 0 aliphatic carbocycles. The Morgan fingerprint density at radius 2 is 2.00 bits per heavy atom. The molecule has 1 saturated heterocycles. The van der Waals surface area contributed by atoms with Crippen molar-refractivity contribution in [3.63, 3.8) is 0 Å². The molecule has 1 aromatic rings. The van der Waals surface area contributed by atoms with Crippen LogP contribution in [0, 0.1) is 5.92 Å². The fourth-order valence-corrected chi connectivity index (χ4v) is 3.05. The van der Waals surface area contributed by atoms with Gasteiger partial charge in [0.1, 0.15) is 0 Å². The van der Waals surface area contributed by atoms with Crippen molar-refractivity contribution in [2.24, 2.45) is 5.92 Å². The van der Waals surface area contributed by atoms with Gasteiger partial charge >= 0.3 is 0 Å². The molecule has 1 fully saturated rings. The molecule has 19 heavy (non-hydrogen) atoms. The predicted molar refractivity (Wildman–Crippen MR) is 77.8 cm³/mol. The van der Waals surface area contributed by atoms with Crippen LogP contribution in [-0.4, -0.2) is 39.1 Å². The summed E-state index contributed by atoms with van der Waals surface area (Å²) in [6.45, 7) is 6.23. The van der Waals surface area contributed by atoms with E-state index in [1.54, 1.807) is 4.90 Å². The molecule has 102 valence electrons. The molecule has 1 aromatic carbocycles. The van der Waals surface area contributed by atoms with E-state index in [0.29, 0.717) is 0 Å². The zero-order valence-corrected chi connectivity index (χ0v) is 11.6. The van der Waals surface area contributed by atoms with E-state index >= 15 is 0 Å². The minimum Gasteiger partial charge on any atom is -0.369 e. The highest BCUT2D eigenvalue weighted by atomic mass is 16.2. The zero-order valence-electron chi connectivity index (χ0n) is 11.6. The molecule has 4 heteroatoms. The Labute approximate surface area is 114 Å². The number of piperazine rings is 1. The van der Waals surface area contributed by atoms with Crippen LogP contribution in [0.3, 0.4) is 0 Å². The number of carbonyl (C=O) groups excluding carboxylic acids is 1. The number of benzene rings is 1. The lowest BCUT2D eigenvalue weighted by Crippen LogP contribution is -2.43. The van der Waals surface area contributed by atoms with Gasteiger partial charge in [-0.25, -0.2) is 0 Å². The first kappa shape index (κ1) is 12.5. The van der Waals surface area contributed by atoms with Crippen molar-refractivity contribution in [2.75, 3.05) is 43.0 Å². The Morgan fingerprint density at radius 3 is 2.74 bits per heavy atom. The molecule has 1 N–H and O–H groups in total. The van der Waals surface area contributed by atoms with Gasteiger partial charge in [-0.05, 0) is 30.2 Å². The van der Waals surface area contributed by atoms with Crippen molar-refractivity contribution in [2.45, 2.75) is 13.3 Å². The van der Waals surface area contributed by atoms with Crippen LogP contribution in [0.2, 0.25) is 0 Å². The molecule has 0 radical (unpaired) electrons. The highest BCUT2D eigenvalue weighted by Crippen LogP contribution is 2.32. The van der Waals surface area contributed by atoms with E-state index in [1.807, 2.05) is 14.0 Å². The van der Waals surface area contributed by atoms with E-state index in [9.17, 15) is 4.79 Å². The van der Waals surface area contributed by atoms with Crippen LogP contribution in [0.15, 0.2) is 18.2 Å². The van der Waals surface area contributed by atoms with Crippen LogP contribution < -0.4 is 15.1 Å². The highest BCUT2D eigenvalue weighted by Gasteiger charge is 2.27. The molecule has 4 nitrogen and oxygen atoms in total. The van der Waals surface area contributed by atoms with Gasteiger partial charge in [-0.2, -0.15) is 0 Å². The highest BCUT2D eigenvalue weighted by molar-refractivity contribution is 5.97. The summed E-state index contributed by atoms with van der Waals surface area (Å²) in [6, 6.07) is 6.50. The van der Waals surface area contributed by atoms with Crippen LogP contribution in [0.4, 0.5) is 11.4 Å². The first-order valence-electron chi connectivity index (χ1n) is 7.03. The third kappa shape index (κ3) is 2.21. The van der Waals surface area contributed by atoms with E-state index in [-0.39, 0.29) is 11.8 Å². The van der Waals surface area contributed by atoms with Crippen LogP contribution in [0.5, 0.6) is 0 Å². The monoisotopic (exact) mass is 259 g/mol. The molecular formula is C15H21N3O. The molecule has 0 saturated carbocycles. The second-order valence-electron chi connectivity index (χ2n) is 5.55. The van der Waals surface area contributed by atoms with Crippen molar-refractivity contribution in [1.29, 1.82) is 0 Å².